The van der Waals surface area contributed by atoms with E-state index in [9.17, 15) is 28.0 Å². The Morgan fingerprint density at radius 2 is 1.62 bits per heavy atom. The van der Waals surface area contributed by atoms with Crippen LogP contribution in [0.5, 0.6) is 5.75 Å². The third kappa shape index (κ3) is 7.51. The fraction of sp³-hybridized carbons (Fsp3) is 0.185. The third-order valence-corrected chi connectivity index (χ3v) is 5.61. The maximum atomic E-state index is 14.0. The van der Waals surface area contributed by atoms with Gasteiger partial charge in [0.2, 0.25) is 5.91 Å². The summed E-state index contributed by atoms with van der Waals surface area (Å²) in [6, 6.07) is 11.6. The van der Waals surface area contributed by atoms with Crippen molar-refractivity contribution in [3.05, 3.63) is 87.9 Å². The topological polar surface area (TPSA) is 123 Å². The van der Waals surface area contributed by atoms with Crippen molar-refractivity contribution >= 4 is 46.5 Å². The van der Waals surface area contributed by atoms with Gasteiger partial charge in [0.15, 0.2) is 5.78 Å². The van der Waals surface area contributed by atoms with Crippen LogP contribution in [0.2, 0.25) is 5.02 Å². The van der Waals surface area contributed by atoms with E-state index < -0.39 is 41.7 Å². The summed E-state index contributed by atoms with van der Waals surface area (Å²) in [6.45, 7) is 1.04. The lowest BCUT2D eigenvalue weighted by Crippen LogP contribution is -2.39. The SMILES string of the molecule is CCOC(=O)CNC(=O)CNC(=O)c1ccc(OC)c(C(=O)c2ccc(Nc3c(F)cccc3F)cc2Cl)c1. The van der Waals surface area contributed by atoms with Crippen LogP contribution < -0.4 is 20.7 Å². The maximum Gasteiger partial charge on any atom is 0.325 e. The second-order valence-electron chi connectivity index (χ2n) is 7.92. The van der Waals surface area contributed by atoms with Crippen LogP contribution in [0.25, 0.3) is 0 Å². The Bertz CT molecular complexity index is 1400. The van der Waals surface area contributed by atoms with Crippen molar-refractivity contribution in [1.82, 2.24) is 10.6 Å². The molecule has 9 nitrogen and oxygen atoms in total. The van der Waals surface area contributed by atoms with Crippen LogP contribution in [0, 0.1) is 11.6 Å². The minimum absolute atomic E-state index is 0.0136. The van der Waals surface area contributed by atoms with E-state index in [-0.39, 0.29) is 52.0 Å². The molecule has 0 aliphatic carbocycles. The predicted molar refractivity (Wildman–Crippen MR) is 139 cm³/mol. The van der Waals surface area contributed by atoms with Crippen molar-refractivity contribution in [1.29, 1.82) is 0 Å². The minimum atomic E-state index is -0.803. The highest BCUT2D eigenvalue weighted by Gasteiger charge is 2.21. The average molecular weight is 560 g/mol. The van der Waals surface area contributed by atoms with Crippen molar-refractivity contribution in [3.63, 3.8) is 0 Å². The summed E-state index contributed by atoms with van der Waals surface area (Å²) in [5.41, 5.74) is -0.0173. The van der Waals surface area contributed by atoms with Crippen molar-refractivity contribution in [2.45, 2.75) is 6.92 Å². The number of benzene rings is 3. The number of hydrogen-bond acceptors (Lipinski definition) is 7. The molecule has 204 valence electrons. The number of halogens is 3. The molecule has 3 aromatic rings. The number of amides is 2. The molecule has 2 amide bonds. The molecule has 0 fully saturated rings. The Labute approximate surface area is 227 Å². The number of carbonyl (C=O) groups excluding carboxylic acids is 4. The van der Waals surface area contributed by atoms with Crippen LogP contribution in [0.3, 0.4) is 0 Å². The first kappa shape index (κ1) is 29.1. The second-order valence-corrected chi connectivity index (χ2v) is 8.33. The number of esters is 1. The molecular formula is C27H24ClF2N3O6. The molecule has 0 saturated carbocycles. The highest BCUT2D eigenvalue weighted by atomic mass is 35.5. The standard InChI is InChI=1S/C27H24ClF2N3O6/c1-3-39-24(35)14-31-23(34)13-32-27(37)15-7-10-22(38-2)18(11-15)26(36)17-9-8-16(12-19(17)28)33-25-20(29)5-4-6-21(25)30/h4-12,33H,3,13-14H2,1-2H3,(H,31,34)(H,32,37). The van der Waals surface area contributed by atoms with Gasteiger partial charge in [0.25, 0.3) is 5.91 Å². The predicted octanol–water partition coefficient (Wildman–Crippen LogP) is 4.01. The number of anilines is 2. The van der Waals surface area contributed by atoms with E-state index in [1.54, 1.807) is 6.92 Å². The zero-order valence-electron chi connectivity index (χ0n) is 20.9. The lowest BCUT2D eigenvalue weighted by atomic mass is 9.99. The summed E-state index contributed by atoms with van der Waals surface area (Å²) in [7, 11) is 1.34. The number of ketones is 1. The summed E-state index contributed by atoms with van der Waals surface area (Å²) in [5.74, 6) is -3.91. The molecule has 0 unspecified atom stereocenters. The Morgan fingerprint density at radius 1 is 0.897 bits per heavy atom. The van der Waals surface area contributed by atoms with Crippen molar-refractivity contribution < 1.29 is 37.4 Å². The Kier molecular flexibility index (Phi) is 9.93. The van der Waals surface area contributed by atoms with Crippen LogP contribution in [0.15, 0.2) is 54.6 Å². The molecule has 3 rings (SSSR count). The van der Waals surface area contributed by atoms with Gasteiger partial charge in [-0.3, -0.25) is 19.2 Å². The van der Waals surface area contributed by atoms with Crippen LogP contribution in [-0.2, 0) is 14.3 Å². The highest BCUT2D eigenvalue weighted by molar-refractivity contribution is 6.35. The smallest absolute Gasteiger partial charge is 0.325 e. The van der Waals surface area contributed by atoms with Gasteiger partial charge in [-0.25, -0.2) is 8.78 Å². The molecule has 0 aliphatic rings. The van der Waals surface area contributed by atoms with Crippen LogP contribution >= 0.6 is 11.6 Å². The first-order valence-electron chi connectivity index (χ1n) is 11.6. The molecule has 0 spiro atoms. The molecule has 0 aromatic heterocycles. The third-order valence-electron chi connectivity index (χ3n) is 5.30. The normalized spacial score (nSPS) is 10.4. The van der Waals surface area contributed by atoms with Crippen molar-refractivity contribution in [2.75, 3.05) is 32.1 Å². The van der Waals surface area contributed by atoms with Gasteiger partial charge in [0, 0.05) is 16.8 Å². The summed E-state index contributed by atoms with van der Waals surface area (Å²) in [4.78, 5) is 49.2. The zero-order chi connectivity index (χ0) is 28.5. The first-order valence-corrected chi connectivity index (χ1v) is 12.0. The van der Waals surface area contributed by atoms with Gasteiger partial charge in [-0.2, -0.15) is 0 Å². The molecule has 0 radical (unpaired) electrons. The first-order chi connectivity index (χ1) is 18.6. The Balaban J connectivity index is 1.75. The van der Waals surface area contributed by atoms with Gasteiger partial charge in [0.1, 0.15) is 29.6 Å². The number of methoxy groups -OCH3 is 1. The highest BCUT2D eigenvalue weighted by Crippen LogP contribution is 2.30. The van der Waals surface area contributed by atoms with Crippen molar-refractivity contribution in [2.24, 2.45) is 0 Å². The van der Waals surface area contributed by atoms with Gasteiger partial charge in [-0.15, -0.1) is 0 Å². The molecule has 0 saturated heterocycles. The van der Waals surface area contributed by atoms with Gasteiger partial charge < -0.3 is 25.4 Å². The van der Waals surface area contributed by atoms with E-state index in [1.807, 2.05) is 0 Å². The number of ether oxygens (including phenoxy) is 2. The molecule has 0 bridgehead atoms. The molecule has 0 atom stereocenters. The lowest BCUT2D eigenvalue weighted by Gasteiger charge is -2.13. The van der Waals surface area contributed by atoms with Gasteiger partial charge >= 0.3 is 5.97 Å². The van der Waals surface area contributed by atoms with E-state index in [0.717, 1.165) is 12.1 Å². The van der Waals surface area contributed by atoms with Gasteiger partial charge in [-0.1, -0.05) is 17.7 Å². The number of rotatable bonds is 11. The Hall–Kier alpha value is -4.51. The quantitative estimate of drug-likeness (QED) is 0.240. The zero-order valence-corrected chi connectivity index (χ0v) is 21.7. The molecule has 3 N–H and O–H groups in total. The van der Waals surface area contributed by atoms with E-state index in [1.165, 1.54) is 49.6 Å². The molecule has 0 aliphatic heterocycles. The maximum absolute atomic E-state index is 14.0. The molecule has 39 heavy (non-hydrogen) atoms. The van der Waals surface area contributed by atoms with E-state index >= 15 is 0 Å². The van der Waals surface area contributed by atoms with E-state index in [2.05, 4.69) is 16.0 Å². The Morgan fingerprint density at radius 3 is 2.26 bits per heavy atom. The fourth-order valence-corrected chi connectivity index (χ4v) is 3.68. The number of nitrogens with one attached hydrogen (secondary N) is 3. The molecule has 12 heteroatoms. The minimum Gasteiger partial charge on any atom is -0.496 e. The molecule has 0 heterocycles. The largest absolute Gasteiger partial charge is 0.496 e. The molecular weight excluding hydrogens is 536 g/mol. The van der Waals surface area contributed by atoms with Gasteiger partial charge in [0.05, 0.1) is 30.8 Å². The van der Waals surface area contributed by atoms with Gasteiger partial charge in [-0.05, 0) is 55.5 Å². The van der Waals surface area contributed by atoms with Crippen molar-refractivity contribution in [3.8, 4) is 5.75 Å². The van der Waals surface area contributed by atoms with Crippen LogP contribution in [-0.4, -0.2) is 50.4 Å². The number of hydrogen-bond donors (Lipinski definition) is 3. The van der Waals surface area contributed by atoms with E-state index in [4.69, 9.17) is 21.1 Å². The van der Waals surface area contributed by atoms with Crippen LogP contribution in [0.4, 0.5) is 20.2 Å². The average Bonchev–Trinajstić information content (AvgIpc) is 2.92. The lowest BCUT2D eigenvalue weighted by molar-refractivity contribution is -0.143. The second kappa shape index (κ2) is 13.3. The van der Waals surface area contributed by atoms with Crippen LogP contribution in [0.1, 0.15) is 33.2 Å². The fourth-order valence-electron chi connectivity index (χ4n) is 3.42. The summed E-state index contributed by atoms with van der Waals surface area (Å²) in [5, 5.41) is 7.29. The number of para-hydroxylation sites is 1. The monoisotopic (exact) mass is 559 g/mol. The molecule has 3 aromatic carbocycles. The summed E-state index contributed by atoms with van der Waals surface area (Å²) in [6.07, 6.45) is 0. The number of carbonyl (C=O) groups is 4. The summed E-state index contributed by atoms with van der Waals surface area (Å²) >= 11 is 6.33. The van der Waals surface area contributed by atoms with E-state index in [0.29, 0.717) is 0 Å². The summed E-state index contributed by atoms with van der Waals surface area (Å²) < 4.78 is 37.9.